The number of hydrogen-bond acceptors (Lipinski definition) is 12. The van der Waals surface area contributed by atoms with Crippen molar-refractivity contribution in [2.24, 2.45) is 0 Å². The van der Waals surface area contributed by atoms with E-state index in [1.54, 1.807) is 24.5 Å². The average molecular weight is 447 g/mol. The Balaban J connectivity index is 1.50. The van der Waals surface area contributed by atoms with Crippen molar-refractivity contribution in [2.45, 2.75) is 12.6 Å². The Hall–Kier alpha value is -4.28. The van der Waals surface area contributed by atoms with Gasteiger partial charge in [0.2, 0.25) is 0 Å². The predicted molar refractivity (Wildman–Crippen MR) is 116 cm³/mol. The maximum Gasteiger partial charge on any atom is 0.274 e. The SMILES string of the molecule is N#Cc1cnc(Nc2cc(NCC3CNCCO3)c(C(=O)NCc3ncccn3)nn2)cn1. The summed E-state index contributed by atoms with van der Waals surface area (Å²) in [6.07, 6.45) is 5.91. The van der Waals surface area contributed by atoms with E-state index in [-0.39, 0.29) is 24.0 Å². The minimum Gasteiger partial charge on any atom is -0.380 e. The van der Waals surface area contributed by atoms with Crippen molar-refractivity contribution in [1.29, 1.82) is 5.26 Å². The molecule has 0 radical (unpaired) electrons. The highest BCUT2D eigenvalue weighted by Gasteiger charge is 2.19. The molecule has 0 saturated carbocycles. The summed E-state index contributed by atoms with van der Waals surface area (Å²) in [6, 6.07) is 5.26. The van der Waals surface area contributed by atoms with Gasteiger partial charge in [0.15, 0.2) is 17.2 Å². The van der Waals surface area contributed by atoms with E-state index in [1.165, 1.54) is 12.4 Å². The van der Waals surface area contributed by atoms with Crippen molar-refractivity contribution < 1.29 is 9.53 Å². The molecule has 4 N–H and O–H groups in total. The lowest BCUT2D eigenvalue weighted by Crippen LogP contribution is -2.42. The van der Waals surface area contributed by atoms with Crippen molar-refractivity contribution in [1.82, 2.24) is 40.8 Å². The standard InChI is InChI=1S/C20H21N11O2/c21-7-13-8-27-18(12-25-13)29-16-6-15(26-10-14-9-22-4-5-33-14)19(31-30-16)20(32)28-11-17-23-2-1-3-24-17/h1-3,6,8,12,14,22H,4-5,9-11H2,(H,28,32)(H2,26,27,29,30). The molecule has 33 heavy (non-hydrogen) atoms. The lowest BCUT2D eigenvalue weighted by Gasteiger charge is -2.24. The number of morpholine rings is 1. The molecule has 0 spiro atoms. The number of nitrogens with zero attached hydrogens (tertiary/aromatic N) is 7. The fourth-order valence-corrected chi connectivity index (χ4v) is 2.98. The molecule has 3 aromatic rings. The van der Waals surface area contributed by atoms with Gasteiger partial charge in [-0.25, -0.2) is 19.9 Å². The number of anilines is 3. The molecule has 1 aliphatic heterocycles. The molecular formula is C20H21N11O2. The molecule has 13 nitrogen and oxygen atoms in total. The van der Waals surface area contributed by atoms with Gasteiger partial charge in [-0.15, -0.1) is 10.2 Å². The number of carbonyl (C=O) groups excluding carboxylic acids is 1. The Morgan fingerprint density at radius 2 is 2.06 bits per heavy atom. The summed E-state index contributed by atoms with van der Waals surface area (Å²) >= 11 is 0. The van der Waals surface area contributed by atoms with Crippen LogP contribution in [0.2, 0.25) is 0 Å². The molecule has 1 unspecified atom stereocenters. The quantitative estimate of drug-likeness (QED) is 0.364. The lowest BCUT2D eigenvalue weighted by atomic mass is 10.2. The van der Waals surface area contributed by atoms with Gasteiger partial charge in [-0.3, -0.25) is 4.79 Å². The van der Waals surface area contributed by atoms with Crippen LogP contribution < -0.4 is 21.3 Å². The summed E-state index contributed by atoms with van der Waals surface area (Å²) in [5.41, 5.74) is 0.783. The number of aromatic nitrogens is 6. The third-order valence-electron chi connectivity index (χ3n) is 4.58. The van der Waals surface area contributed by atoms with Crippen LogP contribution in [0.15, 0.2) is 36.9 Å². The molecule has 4 rings (SSSR count). The Morgan fingerprint density at radius 3 is 2.79 bits per heavy atom. The average Bonchev–Trinajstić information content (AvgIpc) is 2.88. The smallest absolute Gasteiger partial charge is 0.274 e. The van der Waals surface area contributed by atoms with E-state index >= 15 is 0 Å². The van der Waals surface area contributed by atoms with Crippen LogP contribution in [-0.4, -0.2) is 68.4 Å². The van der Waals surface area contributed by atoms with Crippen LogP contribution in [0.4, 0.5) is 17.3 Å². The molecular weight excluding hydrogens is 426 g/mol. The first kappa shape index (κ1) is 21.9. The van der Waals surface area contributed by atoms with Gasteiger partial charge in [0.1, 0.15) is 17.7 Å². The van der Waals surface area contributed by atoms with E-state index in [9.17, 15) is 4.79 Å². The Morgan fingerprint density at radius 1 is 1.18 bits per heavy atom. The number of nitrogens with one attached hydrogen (secondary N) is 4. The molecule has 1 aliphatic rings. The highest BCUT2D eigenvalue weighted by molar-refractivity contribution is 5.97. The highest BCUT2D eigenvalue weighted by atomic mass is 16.5. The molecule has 13 heteroatoms. The molecule has 1 amide bonds. The van der Waals surface area contributed by atoms with Crippen LogP contribution in [0.5, 0.6) is 0 Å². The largest absolute Gasteiger partial charge is 0.380 e. The zero-order valence-corrected chi connectivity index (χ0v) is 17.5. The number of rotatable bonds is 8. The van der Waals surface area contributed by atoms with Crippen LogP contribution in [0.25, 0.3) is 0 Å². The summed E-state index contributed by atoms with van der Waals surface area (Å²) in [4.78, 5) is 29.1. The fourth-order valence-electron chi connectivity index (χ4n) is 2.98. The maximum absolute atomic E-state index is 12.8. The van der Waals surface area contributed by atoms with Gasteiger partial charge in [-0.1, -0.05) is 0 Å². The molecule has 0 aliphatic carbocycles. The van der Waals surface area contributed by atoms with Crippen molar-refractivity contribution in [2.75, 3.05) is 36.9 Å². The van der Waals surface area contributed by atoms with Gasteiger partial charge < -0.3 is 26.0 Å². The topological polar surface area (TPSA) is 176 Å². The minimum absolute atomic E-state index is 0.0543. The van der Waals surface area contributed by atoms with E-state index in [1.807, 2.05) is 6.07 Å². The van der Waals surface area contributed by atoms with Gasteiger partial charge in [-0.05, 0) is 6.07 Å². The van der Waals surface area contributed by atoms with Crippen LogP contribution in [0.3, 0.4) is 0 Å². The number of hydrogen-bond donors (Lipinski definition) is 4. The summed E-state index contributed by atoms with van der Waals surface area (Å²) < 4.78 is 5.71. The van der Waals surface area contributed by atoms with Gasteiger partial charge in [0.05, 0.1) is 37.3 Å². The molecule has 4 heterocycles. The van der Waals surface area contributed by atoms with Crippen LogP contribution >= 0.6 is 0 Å². The second kappa shape index (κ2) is 10.8. The predicted octanol–water partition coefficient (Wildman–Crippen LogP) is 0.00218. The first-order valence-electron chi connectivity index (χ1n) is 10.2. The number of carbonyl (C=O) groups is 1. The van der Waals surface area contributed by atoms with E-state index in [0.717, 1.165) is 6.54 Å². The van der Waals surface area contributed by atoms with Gasteiger partial charge in [-0.2, -0.15) is 5.26 Å². The fraction of sp³-hybridized carbons (Fsp3) is 0.300. The van der Waals surface area contributed by atoms with Gasteiger partial charge >= 0.3 is 0 Å². The summed E-state index contributed by atoms with van der Waals surface area (Å²) in [5, 5.41) is 29.2. The van der Waals surface area contributed by atoms with Crippen LogP contribution in [0, 0.1) is 11.3 Å². The minimum atomic E-state index is -0.426. The first-order chi connectivity index (χ1) is 16.2. The summed E-state index contributed by atoms with van der Waals surface area (Å²) in [6.45, 7) is 2.75. The zero-order chi connectivity index (χ0) is 22.9. The van der Waals surface area contributed by atoms with E-state index in [2.05, 4.69) is 51.4 Å². The van der Waals surface area contributed by atoms with Crippen LogP contribution in [-0.2, 0) is 11.3 Å². The van der Waals surface area contributed by atoms with Crippen molar-refractivity contribution in [3.8, 4) is 6.07 Å². The van der Waals surface area contributed by atoms with E-state index in [0.29, 0.717) is 42.8 Å². The molecule has 3 aromatic heterocycles. The van der Waals surface area contributed by atoms with Crippen LogP contribution in [0.1, 0.15) is 22.0 Å². The zero-order valence-electron chi connectivity index (χ0n) is 17.5. The monoisotopic (exact) mass is 447 g/mol. The van der Waals surface area contributed by atoms with Crippen molar-refractivity contribution in [3.05, 3.63) is 54.1 Å². The molecule has 0 bridgehead atoms. The third kappa shape index (κ3) is 6.12. The lowest BCUT2D eigenvalue weighted by molar-refractivity contribution is 0.0372. The van der Waals surface area contributed by atoms with Crippen molar-refractivity contribution in [3.63, 3.8) is 0 Å². The second-order valence-electron chi connectivity index (χ2n) is 6.94. The van der Waals surface area contributed by atoms with Gasteiger partial charge in [0, 0.05) is 38.1 Å². The van der Waals surface area contributed by atoms with Gasteiger partial charge in [0.25, 0.3) is 5.91 Å². The Labute approximate surface area is 189 Å². The number of ether oxygens (including phenoxy) is 1. The Bertz CT molecular complexity index is 1110. The molecule has 1 atom stereocenters. The van der Waals surface area contributed by atoms with Crippen molar-refractivity contribution >= 4 is 23.2 Å². The molecule has 1 saturated heterocycles. The Kier molecular flexibility index (Phi) is 7.21. The summed E-state index contributed by atoms with van der Waals surface area (Å²) in [7, 11) is 0. The number of nitriles is 1. The first-order valence-corrected chi connectivity index (χ1v) is 10.2. The molecule has 0 aromatic carbocycles. The van der Waals surface area contributed by atoms with E-state index in [4.69, 9.17) is 10.00 Å². The maximum atomic E-state index is 12.8. The molecule has 1 fully saturated rings. The molecule has 168 valence electrons. The second-order valence-corrected chi connectivity index (χ2v) is 6.94. The van der Waals surface area contributed by atoms with E-state index < -0.39 is 5.91 Å². The normalized spacial score (nSPS) is 15.3. The number of amides is 1. The summed E-state index contributed by atoms with van der Waals surface area (Å²) in [5.74, 6) is 0.784. The third-order valence-corrected chi connectivity index (χ3v) is 4.58. The highest BCUT2D eigenvalue weighted by Crippen LogP contribution is 2.19.